The van der Waals surface area contributed by atoms with Crippen molar-refractivity contribution in [1.29, 1.82) is 0 Å². The number of hydrogen-bond donors (Lipinski definition) is 1. The predicted molar refractivity (Wildman–Crippen MR) is 13.9 cm³/mol. The van der Waals surface area contributed by atoms with Gasteiger partial charge in [-0.2, -0.15) is 0 Å². The molecule has 0 fully saturated rings. The Labute approximate surface area is 97.1 Å². The van der Waals surface area contributed by atoms with E-state index in [0.717, 1.165) is 7.11 Å². The maximum Gasteiger partial charge on any atom is 2.00 e. The van der Waals surface area contributed by atoms with Gasteiger partial charge in [0, 0.05) is 7.11 Å². The molecule has 0 spiro atoms. The van der Waals surface area contributed by atoms with Gasteiger partial charge in [0.25, 0.3) is 0 Å². The topological polar surface area (TPSA) is 205 Å². The fraction of sp³-hybridized carbons (Fsp3) is 1.00. The van der Waals surface area contributed by atoms with Crippen LogP contribution in [0.3, 0.4) is 0 Å². The first-order valence-corrected chi connectivity index (χ1v) is 4.15. The summed E-state index contributed by atoms with van der Waals surface area (Å²) in [5.41, 5.74) is 0. The van der Waals surface area contributed by atoms with Crippen LogP contribution in [0, 0.1) is 20.5 Å². The van der Waals surface area contributed by atoms with Gasteiger partial charge in [0.05, 0.1) is 0 Å². The van der Waals surface area contributed by atoms with E-state index in [9.17, 15) is 0 Å². The van der Waals surface area contributed by atoms with Crippen molar-refractivity contribution in [2.24, 2.45) is 0 Å². The van der Waals surface area contributed by atoms with Gasteiger partial charge >= 0.3 is 27.3 Å². The van der Waals surface area contributed by atoms with E-state index in [1.54, 1.807) is 0 Å². The van der Waals surface area contributed by atoms with Crippen LogP contribution in [0.25, 0.3) is 0 Å². The molecule has 13 heavy (non-hydrogen) atoms. The normalized spacial score (nSPS) is 9.69. The van der Waals surface area contributed by atoms with Crippen LogP contribution in [0.5, 0.6) is 0 Å². The van der Waals surface area contributed by atoms with Gasteiger partial charge in [-0.1, -0.05) is 0 Å². The van der Waals surface area contributed by atoms with Crippen molar-refractivity contribution in [3.8, 4) is 0 Å². The third kappa shape index (κ3) is 1250. The number of aliphatic hydroxyl groups is 1. The molecule has 0 saturated carbocycles. The van der Waals surface area contributed by atoms with Gasteiger partial charge in [-0.15, -0.1) is 20.5 Å². The standard InChI is InChI=1S/CH4O.2ClHO4.Pb/c1-2;2*2-1(3,4)5;/h2H,1H3;2*(H,2,3,4,5);/q;;;+2/p-2. The Balaban J connectivity index is -0.0000000491. The minimum Gasteiger partial charge on any atom is -0.400 e. The molecule has 0 unspecified atom stereocenters. The molecule has 9 nitrogen and oxygen atoms in total. The molecule has 0 saturated heterocycles. The van der Waals surface area contributed by atoms with E-state index >= 15 is 0 Å². The summed E-state index contributed by atoms with van der Waals surface area (Å²) < 4.78 is 67.9. The summed E-state index contributed by atoms with van der Waals surface area (Å²) in [6.07, 6.45) is 0. The second kappa shape index (κ2) is 11.2. The van der Waals surface area contributed by atoms with Crippen molar-refractivity contribution in [3.63, 3.8) is 0 Å². The van der Waals surface area contributed by atoms with Gasteiger partial charge in [0.15, 0.2) is 0 Å². The molecule has 0 rings (SSSR count). The Kier molecular flexibility index (Phi) is 20.5. The molecule has 1 N–H and O–H groups in total. The van der Waals surface area contributed by atoms with Crippen LogP contribution in [0.4, 0.5) is 0 Å². The van der Waals surface area contributed by atoms with Crippen molar-refractivity contribution in [2.75, 3.05) is 7.11 Å². The first-order chi connectivity index (χ1) is 5.00. The molecule has 0 aliphatic carbocycles. The van der Waals surface area contributed by atoms with Gasteiger partial charge in [-0.3, -0.25) is 0 Å². The van der Waals surface area contributed by atoms with E-state index in [4.69, 9.17) is 42.4 Å². The Hall–Kier alpha value is 1.14. The van der Waals surface area contributed by atoms with E-state index < -0.39 is 20.5 Å². The number of rotatable bonds is 0. The fourth-order valence-electron chi connectivity index (χ4n) is 0. The zero-order valence-electron chi connectivity index (χ0n) is 5.97. The SMILES string of the molecule is CO.[O-][Cl+3]([O-])([O-])[O-].[O-][Cl+3]([O-])([O-])[O-].[Pb+2]. The molecule has 80 valence electrons. The number of hydrogen-bond acceptors (Lipinski definition) is 9. The first kappa shape index (κ1) is 23.7. The minimum absolute atomic E-state index is 0. The first-order valence-electron chi connectivity index (χ1n) is 1.68. The van der Waals surface area contributed by atoms with Crippen molar-refractivity contribution < 1.29 is 62.9 Å². The quantitative estimate of drug-likeness (QED) is 0.356. The van der Waals surface area contributed by atoms with E-state index in [1.165, 1.54) is 0 Å². The number of aliphatic hydroxyl groups excluding tert-OH is 1. The minimum atomic E-state index is -4.94. The molecule has 0 aromatic heterocycles. The Morgan fingerprint density at radius 3 is 0.615 bits per heavy atom. The molecule has 0 aliphatic heterocycles. The molecular weight excluding hydrogens is 434 g/mol. The molecule has 0 bridgehead atoms. The summed E-state index contributed by atoms with van der Waals surface area (Å²) in [5, 5.41) is 7.00. The summed E-state index contributed by atoms with van der Waals surface area (Å²) in [4.78, 5) is 0. The van der Waals surface area contributed by atoms with Crippen LogP contribution in [0.1, 0.15) is 0 Å². The molecular formula is CH4Cl2O9Pb. The van der Waals surface area contributed by atoms with E-state index in [0.29, 0.717) is 0 Å². The number of halogens is 2. The van der Waals surface area contributed by atoms with Crippen LogP contribution < -0.4 is 37.3 Å². The summed E-state index contributed by atoms with van der Waals surface area (Å²) in [7, 11) is -8.89. The Morgan fingerprint density at radius 1 is 0.615 bits per heavy atom. The third-order valence-corrected chi connectivity index (χ3v) is 0. The van der Waals surface area contributed by atoms with E-state index in [-0.39, 0.29) is 27.3 Å². The van der Waals surface area contributed by atoms with E-state index in [2.05, 4.69) is 0 Å². The van der Waals surface area contributed by atoms with Gasteiger partial charge in [0.1, 0.15) is 0 Å². The largest absolute Gasteiger partial charge is 2.00 e. The van der Waals surface area contributed by atoms with Gasteiger partial charge in [-0.25, -0.2) is 37.3 Å². The third-order valence-electron chi connectivity index (χ3n) is 0. The second-order valence-electron chi connectivity index (χ2n) is 0.756. The molecule has 0 atom stereocenters. The molecule has 12 heteroatoms. The summed E-state index contributed by atoms with van der Waals surface area (Å²) in [5.74, 6) is 0. The zero-order chi connectivity index (χ0) is 11.0. The molecule has 0 aliphatic rings. The van der Waals surface area contributed by atoms with Crippen molar-refractivity contribution >= 4 is 27.3 Å². The second-order valence-corrected chi connectivity index (χ2v) is 2.27. The Bertz CT molecular complexity index is 60.6. The molecule has 2 radical (unpaired) electrons. The average molecular weight is 438 g/mol. The van der Waals surface area contributed by atoms with Crippen molar-refractivity contribution in [3.05, 3.63) is 0 Å². The van der Waals surface area contributed by atoms with Crippen molar-refractivity contribution in [2.45, 2.75) is 0 Å². The summed E-state index contributed by atoms with van der Waals surface area (Å²) >= 11 is 0. The monoisotopic (exact) mass is 438 g/mol. The van der Waals surface area contributed by atoms with Gasteiger partial charge in [0.2, 0.25) is 0 Å². The van der Waals surface area contributed by atoms with Crippen molar-refractivity contribution in [1.82, 2.24) is 0 Å². The fourth-order valence-corrected chi connectivity index (χ4v) is 0. The van der Waals surface area contributed by atoms with Gasteiger partial charge in [-0.05, 0) is 0 Å². The molecule has 0 heterocycles. The van der Waals surface area contributed by atoms with Crippen LogP contribution in [0.2, 0.25) is 0 Å². The molecule has 0 aromatic carbocycles. The van der Waals surface area contributed by atoms with E-state index in [1.807, 2.05) is 0 Å². The smallest absolute Gasteiger partial charge is 0.400 e. The van der Waals surface area contributed by atoms with Crippen LogP contribution in [0.15, 0.2) is 0 Å². The molecule has 0 amide bonds. The maximum atomic E-state index is 8.49. The summed E-state index contributed by atoms with van der Waals surface area (Å²) in [6, 6.07) is 0. The van der Waals surface area contributed by atoms with Gasteiger partial charge < -0.3 is 5.11 Å². The summed E-state index contributed by atoms with van der Waals surface area (Å²) in [6.45, 7) is 0. The zero-order valence-corrected chi connectivity index (χ0v) is 11.4. The maximum absolute atomic E-state index is 8.49. The van der Waals surface area contributed by atoms with Crippen LogP contribution >= 0.6 is 0 Å². The molecule has 0 aromatic rings. The predicted octanol–water partition coefficient (Wildman–Crippen LogP) is -10.3. The van der Waals surface area contributed by atoms with Crippen LogP contribution in [-0.4, -0.2) is 39.5 Å². The van der Waals surface area contributed by atoms with Crippen LogP contribution in [-0.2, 0) is 0 Å². The average Bonchev–Trinajstić information content (AvgIpc) is 1.59. The Morgan fingerprint density at radius 2 is 0.615 bits per heavy atom.